The number of nitrogens with zero attached hydrogens (tertiary/aromatic N) is 1. The van der Waals surface area contributed by atoms with E-state index in [1.165, 1.54) is 12.1 Å². The molecular weight excluding hydrogens is 329 g/mol. The van der Waals surface area contributed by atoms with Crippen LogP contribution in [0, 0.1) is 0 Å². The summed E-state index contributed by atoms with van der Waals surface area (Å²) < 4.78 is 43.8. The zero-order valence-electron chi connectivity index (χ0n) is 12.9. The lowest BCUT2D eigenvalue weighted by Crippen LogP contribution is -2.32. The van der Waals surface area contributed by atoms with Crippen LogP contribution in [0.3, 0.4) is 0 Å². The minimum atomic E-state index is -4.52. The molecule has 0 spiro atoms. The molecule has 1 aromatic carbocycles. The van der Waals surface area contributed by atoms with Crippen molar-refractivity contribution in [1.82, 2.24) is 5.32 Å². The van der Waals surface area contributed by atoms with E-state index < -0.39 is 23.4 Å². The van der Waals surface area contributed by atoms with E-state index in [1.54, 1.807) is 20.8 Å². The van der Waals surface area contributed by atoms with Crippen molar-refractivity contribution >= 4 is 35.6 Å². The van der Waals surface area contributed by atoms with Crippen LogP contribution >= 0.6 is 12.2 Å². The van der Waals surface area contributed by atoms with Crippen molar-refractivity contribution in [2.45, 2.75) is 39.1 Å². The van der Waals surface area contributed by atoms with Gasteiger partial charge in [-0.25, -0.2) is 4.79 Å². The van der Waals surface area contributed by atoms with Crippen molar-refractivity contribution in [3.05, 3.63) is 29.3 Å². The molecule has 0 unspecified atom stereocenters. The first-order chi connectivity index (χ1) is 10.5. The number of hydrogen-bond acceptors (Lipinski definition) is 4. The van der Waals surface area contributed by atoms with Crippen LogP contribution in [0.1, 0.15) is 31.9 Å². The Balaban J connectivity index is 2.91. The van der Waals surface area contributed by atoms with Crippen molar-refractivity contribution in [2.24, 2.45) is 4.99 Å². The fourth-order valence-corrected chi connectivity index (χ4v) is 1.69. The number of alkyl halides is 3. The summed E-state index contributed by atoms with van der Waals surface area (Å²) in [7, 11) is 0. The number of hydrogen-bond donors (Lipinski definition) is 1. The zero-order valence-corrected chi connectivity index (χ0v) is 13.7. The largest absolute Gasteiger partial charge is 0.444 e. The Morgan fingerprint density at radius 2 is 2.00 bits per heavy atom. The predicted molar refractivity (Wildman–Crippen MR) is 86.3 cm³/mol. The van der Waals surface area contributed by atoms with E-state index in [4.69, 9.17) is 4.74 Å². The van der Waals surface area contributed by atoms with Gasteiger partial charge in [0.05, 0.1) is 11.3 Å². The number of rotatable bonds is 4. The SMILES string of the molecule is CC(C)(C)OC(=O)NCc1ccc(C(F)(F)F)c(N=CC=S)c1. The van der Waals surface area contributed by atoms with Gasteiger partial charge in [-0.2, -0.15) is 13.2 Å². The highest BCUT2D eigenvalue weighted by molar-refractivity contribution is 7.80. The Morgan fingerprint density at radius 1 is 1.35 bits per heavy atom. The molecule has 0 saturated heterocycles. The van der Waals surface area contributed by atoms with E-state index in [-0.39, 0.29) is 12.2 Å². The van der Waals surface area contributed by atoms with E-state index >= 15 is 0 Å². The van der Waals surface area contributed by atoms with E-state index in [0.29, 0.717) is 5.56 Å². The van der Waals surface area contributed by atoms with Gasteiger partial charge >= 0.3 is 12.3 Å². The van der Waals surface area contributed by atoms with Gasteiger partial charge in [0.2, 0.25) is 0 Å². The number of halogens is 3. The van der Waals surface area contributed by atoms with E-state index in [9.17, 15) is 18.0 Å². The molecule has 0 fully saturated rings. The van der Waals surface area contributed by atoms with Gasteiger partial charge in [-0.05, 0) is 38.5 Å². The zero-order chi connectivity index (χ0) is 17.7. The first-order valence-electron chi connectivity index (χ1n) is 6.68. The molecule has 1 aromatic rings. The Morgan fingerprint density at radius 3 is 2.52 bits per heavy atom. The quantitative estimate of drug-likeness (QED) is 0.648. The summed E-state index contributed by atoms with van der Waals surface area (Å²) in [4.78, 5) is 15.2. The summed E-state index contributed by atoms with van der Waals surface area (Å²) in [5, 5.41) is 3.59. The van der Waals surface area contributed by atoms with E-state index in [2.05, 4.69) is 22.5 Å². The lowest BCUT2D eigenvalue weighted by Gasteiger charge is -2.19. The fraction of sp³-hybridized carbons (Fsp3) is 0.400. The first kappa shape index (κ1) is 19.1. The predicted octanol–water partition coefficient (Wildman–Crippen LogP) is 4.43. The van der Waals surface area contributed by atoms with Crippen LogP contribution in [0.25, 0.3) is 0 Å². The molecule has 1 amide bonds. The molecule has 0 aliphatic rings. The average molecular weight is 346 g/mol. The van der Waals surface area contributed by atoms with Gasteiger partial charge in [0.15, 0.2) is 0 Å². The molecule has 0 aliphatic carbocycles. The van der Waals surface area contributed by atoms with Gasteiger partial charge in [0.25, 0.3) is 0 Å². The van der Waals surface area contributed by atoms with Gasteiger partial charge in [-0.3, -0.25) is 4.99 Å². The van der Waals surface area contributed by atoms with Crippen LogP contribution in [-0.2, 0) is 17.5 Å². The molecule has 0 heterocycles. The van der Waals surface area contributed by atoms with Crippen molar-refractivity contribution in [3.8, 4) is 0 Å². The third-order valence-corrected chi connectivity index (χ3v) is 2.60. The molecule has 0 atom stereocenters. The van der Waals surface area contributed by atoms with Crippen LogP contribution in [0.5, 0.6) is 0 Å². The summed E-state index contributed by atoms with van der Waals surface area (Å²) in [6.45, 7) is 5.15. The summed E-state index contributed by atoms with van der Waals surface area (Å²) in [5.41, 5.74) is -1.33. The van der Waals surface area contributed by atoms with Crippen molar-refractivity contribution in [1.29, 1.82) is 0 Å². The van der Waals surface area contributed by atoms with Crippen LogP contribution in [0.15, 0.2) is 23.2 Å². The summed E-state index contributed by atoms with van der Waals surface area (Å²) >= 11 is 4.53. The highest BCUT2D eigenvalue weighted by Gasteiger charge is 2.33. The molecule has 0 saturated carbocycles. The van der Waals surface area contributed by atoms with Gasteiger partial charge in [0.1, 0.15) is 5.60 Å². The maximum Gasteiger partial charge on any atom is 0.418 e. The third kappa shape index (κ3) is 6.77. The normalized spacial score (nSPS) is 12.3. The molecule has 1 rings (SSSR count). The van der Waals surface area contributed by atoms with Crippen molar-refractivity contribution < 1.29 is 22.7 Å². The van der Waals surface area contributed by atoms with Crippen LogP contribution in [0.4, 0.5) is 23.7 Å². The van der Waals surface area contributed by atoms with Gasteiger partial charge in [0, 0.05) is 18.1 Å². The summed E-state index contributed by atoms with van der Waals surface area (Å²) in [5.74, 6) is 0. The van der Waals surface area contributed by atoms with Crippen LogP contribution < -0.4 is 5.32 Å². The maximum absolute atomic E-state index is 12.9. The van der Waals surface area contributed by atoms with Gasteiger partial charge in [-0.1, -0.05) is 18.3 Å². The second-order valence-electron chi connectivity index (χ2n) is 5.62. The fourth-order valence-electron chi connectivity index (χ4n) is 1.63. The number of ether oxygens (including phenoxy) is 1. The number of alkyl carbamates (subject to hydrolysis) is 1. The highest BCUT2D eigenvalue weighted by Crippen LogP contribution is 2.36. The highest BCUT2D eigenvalue weighted by atomic mass is 32.1. The number of carbonyl (C=O) groups is 1. The second kappa shape index (κ2) is 7.54. The average Bonchev–Trinajstić information content (AvgIpc) is 2.40. The Labute approximate surface area is 137 Å². The molecule has 0 bridgehead atoms. The molecular formula is C15H17F3N2O2S. The molecule has 1 N–H and O–H groups in total. The Bertz CT molecular complexity index is 608. The lowest BCUT2D eigenvalue weighted by atomic mass is 10.1. The van der Waals surface area contributed by atoms with E-state index in [0.717, 1.165) is 17.6 Å². The second-order valence-corrected chi connectivity index (χ2v) is 5.89. The van der Waals surface area contributed by atoms with Gasteiger partial charge in [-0.15, -0.1) is 0 Å². The number of amides is 1. The Kier molecular flexibility index (Phi) is 6.26. The van der Waals surface area contributed by atoms with Crippen molar-refractivity contribution in [2.75, 3.05) is 0 Å². The van der Waals surface area contributed by atoms with Crippen molar-refractivity contribution in [3.63, 3.8) is 0 Å². The van der Waals surface area contributed by atoms with Crippen LogP contribution in [0.2, 0.25) is 0 Å². The third-order valence-electron chi connectivity index (χ3n) is 2.48. The number of nitrogens with one attached hydrogen (secondary N) is 1. The molecule has 8 heteroatoms. The topological polar surface area (TPSA) is 50.7 Å². The lowest BCUT2D eigenvalue weighted by molar-refractivity contribution is -0.137. The first-order valence-corrected chi connectivity index (χ1v) is 7.15. The number of benzene rings is 1. The summed E-state index contributed by atoms with van der Waals surface area (Å²) in [6.07, 6.45) is -4.07. The smallest absolute Gasteiger partial charge is 0.418 e. The molecule has 4 nitrogen and oxygen atoms in total. The molecule has 0 radical (unpaired) electrons. The number of thiocarbonyl (C=S) groups is 1. The van der Waals surface area contributed by atoms with Gasteiger partial charge < -0.3 is 10.1 Å². The van der Waals surface area contributed by atoms with E-state index in [1.807, 2.05) is 0 Å². The maximum atomic E-state index is 12.9. The summed E-state index contributed by atoms with van der Waals surface area (Å²) in [6, 6.07) is 3.44. The molecule has 0 aromatic heterocycles. The number of carbonyl (C=O) groups excluding carboxylic acids is 1. The number of aliphatic imine (C=N–C) groups is 1. The minimum Gasteiger partial charge on any atom is -0.444 e. The molecule has 0 aliphatic heterocycles. The Hall–Kier alpha value is -1.96. The molecule has 126 valence electrons. The minimum absolute atomic E-state index is 0.0210. The molecule has 23 heavy (non-hydrogen) atoms. The van der Waals surface area contributed by atoms with Crippen LogP contribution in [-0.4, -0.2) is 23.3 Å². The standard InChI is InChI=1S/C15H17F3N2O2S/c1-14(2,3)22-13(21)20-9-10-4-5-11(15(16,17)18)12(8-10)19-6-7-23/h4-8H,9H2,1-3H3,(H,20,21). The monoisotopic (exact) mass is 346 g/mol.